The Morgan fingerprint density at radius 1 is 1.27 bits per heavy atom. The average molecular weight is 202 g/mol. The van der Waals surface area contributed by atoms with Crippen LogP contribution in [-0.4, -0.2) is 31.6 Å². The van der Waals surface area contributed by atoms with Crippen LogP contribution in [0, 0.1) is 5.92 Å². The Kier molecular flexibility index (Phi) is 2.17. The number of hydrogen-bond donors (Lipinski definition) is 1. The summed E-state index contributed by atoms with van der Waals surface area (Å²) in [5.41, 5.74) is 2.89. The second kappa shape index (κ2) is 3.53. The average Bonchev–Trinajstić information content (AvgIpc) is 2.52. The maximum atomic E-state index is 3.55. The molecule has 0 saturated carbocycles. The number of para-hydroxylation sites is 1. The van der Waals surface area contributed by atoms with E-state index in [9.17, 15) is 0 Å². The first-order chi connectivity index (χ1) is 7.34. The summed E-state index contributed by atoms with van der Waals surface area (Å²) in [6.07, 6.45) is 1.31. The topological polar surface area (TPSA) is 15.3 Å². The van der Waals surface area contributed by atoms with Crippen molar-refractivity contribution in [3.8, 4) is 0 Å². The van der Waals surface area contributed by atoms with Crippen LogP contribution in [0.4, 0.5) is 5.69 Å². The molecule has 0 radical (unpaired) electrons. The minimum absolute atomic E-state index is 0.751. The lowest BCUT2D eigenvalue weighted by Gasteiger charge is -2.16. The van der Waals surface area contributed by atoms with Gasteiger partial charge in [-0.1, -0.05) is 18.2 Å². The van der Waals surface area contributed by atoms with Gasteiger partial charge in [0.05, 0.1) is 0 Å². The van der Waals surface area contributed by atoms with E-state index in [0.717, 1.165) is 18.4 Å². The zero-order chi connectivity index (χ0) is 10.3. The van der Waals surface area contributed by atoms with Gasteiger partial charge < -0.3 is 10.2 Å². The van der Waals surface area contributed by atoms with Gasteiger partial charge in [-0.3, -0.25) is 0 Å². The van der Waals surface area contributed by atoms with Crippen molar-refractivity contribution >= 4 is 5.69 Å². The fourth-order valence-corrected chi connectivity index (χ4v) is 3.11. The molecule has 0 bridgehead atoms. The maximum absolute atomic E-state index is 3.55. The smallest absolute Gasteiger partial charge is 0.0376 e. The van der Waals surface area contributed by atoms with E-state index in [4.69, 9.17) is 0 Å². The summed E-state index contributed by atoms with van der Waals surface area (Å²) in [6, 6.07) is 8.81. The summed E-state index contributed by atoms with van der Waals surface area (Å²) >= 11 is 0. The standard InChI is InChI=1S/C13H18N2/c1-15-8-10-6-7-14-13-5-3-2-4-11(13)12(10)9-15/h2-5,10,12,14H,6-9H2,1H3. The summed E-state index contributed by atoms with van der Waals surface area (Å²) in [7, 11) is 2.24. The normalized spacial score (nSPS) is 30.2. The molecule has 0 spiro atoms. The summed E-state index contributed by atoms with van der Waals surface area (Å²) < 4.78 is 0. The summed E-state index contributed by atoms with van der Waals surface area (Å²) in [5.74, 6) is 1.60. The minimum Gasteiger partial charge on any atom is -0.385 e. The van der Waals surface area contributed by atoms with Crippen molar-refractivity contribution in [1.29, 1.82) is 0 Å². The predicted octanol–water partition coefficient (Wildman–Crippen LogP) is 2.15. The van der Waals surface area contributed by atoms with Crippen molar-refractivity contribution in [2.24, 2.45) is 5.92 Å². The molecule has 1 aromatic rings. The van der Waals surface area contributed by atoms with E-state index in [-0.39, 0.29) is 0 Å². The zero-order valence-corrected chi connectivity index (χ0v) is 9.24. The fourth-order valence-electron chi connectivity index (χ4n) is 3.11. The molecular formula is C13H18N2. The maximum Gasteiger partial charge on any atom is 0.0376 e. The van der Waals surface area contributed by atoms with Gasteiger partial charge in [0.15, 0.2) is 0 Å². The van der Waals surface area contributed by atoms with Crippen molar-refractivity contribution in [1.82, 2.24) is 4.90 Å². The van der Waals surface area contributed by atoms with Crippen LogP contribution in [0.15, 0.2) is 24.3 Å². The van der Waals surface area contributed by atoms with Crippen LogP contribution in [0.3, 0.4) is 0 Å². The molecule has 2 unspecified atom stereocenters. The number of rotatable bonds is 0. The number of nitrogens with zero attached hydrogens (tertiary/aromatic N) is 1. The van der Waals surface area contributed by atoms with E-state index in [1.54, 1.807) is 0 Å². The molecule has 2 heterocycles. The highest BCUT2D eigenvalue weighted by Crippen LogP contribution is 2.39. The van der Waals surface area contributed by atoms with Crippen LogP contribution in [0.2, 0.25) is 0 Å². The molecule has 3 rings (SSSR count). The molecule has 1 aromatic carbocycles. The van der Waals surface area contributed by atoms with Gasteiger partial charge >= 0.3 is 0 Å². The van der Waals surface area contributed by atoms with Gasteiger partial charge in [-0.2, -0.15) is 0 Å². The predicted molar refractivity (Wildman–Crippen MR) is 63.3 cm³/mol. The number of fused-ring (bicyclic) bond motifs is 3. The van der Waals surface area contributed by atoms with E-state index in [0.29, 0.717) is 0 Å². The highest BCUT2D eigenvalue weighted by Gasteiger charge is 2.34. The quantitative estimate of drug-likeness (QED) is 0.693. The highest BCUT2D eigenvalue weighted by molar-refractivity contribution is 5.54. The Morgan fingerprint density at radius 2 is 2.13 bits per heavy atom. The molecule has 0 amide bonds. The molecule has 15 heavy (non-hydrogen) atoms. The third kappa shape index (κ3) is 1.53. The number of anilines is 1. The first-order valence-corrected chi connectivity index (χ1v) is 5.86. The largest absolute Gasteiger partial charge is 0.385 e. The summed E-state index contributed by atoms with van der Waals surface area (Å²) in [5, 5.41) is 3.55. The second-order valence-corrected chi connectivity index (χ2v) is 4.89. The molecule has 2 atom stereocenters. The Balaban J connectivity index is 2.01. The van der Waals surface area contributed by atoms with Gasteiger partial charge in [0, 0.05) is 31.2 Å². The molecule has 2 nitrogen and oxygen atoms in total. The molecular weight excluding hydrogens is 184 g/mol. The van der Waals surface area contributed by atoms with E-state index >= 15 is 0 Å². The molecule has 0 aromatic heterocycles. The molecule has 1 N–H and O–H groups in total. The molecule has 2 aliphatic heterocycles. The lowest BCUT2D eigenvalue weighted by molar-refractivity contribution is 0.390. The summed E-state index contributed by atoms with van der Waals surface area (Å²) in [4.78, 5) is 2.47. The minimum atomic E-state index is 0.751. The van der Waals surface area contributed by atoms with E-state index in [2.05, 4.69) is 41.5 Å². The number of nitrogens with one attached hydrogen (secondary N) is 1. The number of hydrogen-bond acceptors (Lipinski definition) is 2. The SMILES string of the molecule is CN1CC2CCNc3ccccc3C2C1. The first kappa shape index (κ1) is 9.22. The number of benzene rings is 1. The van der Waals surface area contributed by atoms with Crippen molar-refractivity contribution in [3.05, 3.63) is 29.8 Å². The van der Waals surface area contributed by atoms with Crippen molar-refractivity contribution in [2.75, 3.05) is 32.0 Å². The van der Waals surface area contributed by atoms with Crippen LogP contribution in [-0.2, 0) is 0 Å². The first-order valence-electron chi connectivity index (χ1n) is 5.86. The summed E-state index contributed by atoms with van der Waals surface area (Å²) in [6.45, 7) is 3.62. The third-order valence-corrected chi connectivity index (χ3v) is 3.81. The van der Waals surface area contributed by atoms with E-state index < -0.39 is 0 Å². The Bertz CT molecular complexity index is 361. The lowest BCUT2D eigenvalue weighted by Crippen LogP contribution is -2.15. The molecule has 1 saturated heterocycles. The molecule has 0 aliphatic carbocycles. The van der Waals surface area contributed by atoms with Gasteiger partial charge in [-0.15, -0.1) is 0 Å². The van der Waals surface area contributed by atoms with E-state index in [1.165, 1.54) is 30.8 Å². The highest BCUT2D eigenvalue weighted by atomic mass is 15.1. The third-order valence-electron chi connectivity index (χ3n) is 3.81. The van der Waals surface area contributed by atoms with Gasteiger partial charge in [0.2, 0.25) is 0 Å². The second-order valence-electron chi connectivity index (χ2n) is 4.89. The zero-order valence-electron chi connectivity index (χ0n) is 9.24. The number of likely N-dealkylation sites (N-methyl/N-ethyl adjacent to an activating group) is 1. The Morgan fingerprint density at radius 3 is 3.07 bits per heavy atom. The van der Waals surface area contributed by atoms with Crippen molar-refractivity contribution < 1.29 is 0 Å². The molecule has 2 heteroatoms. The molecule has 1 fully saturated rings. The van der Waals surface area contributed by atoms with Gasteiger partial charge in [-0.05, 0) is 31.0 Å². The monoisotopic (exact) mass is 202 g/mol. The van der Waals surface area contributed by atoms with E-state index in [1.807, 2.05) is 0 Å². The Labute approximate surface area is 91.3 Å². The van der Waals surface area contributed by atoms with Crippen LogP contribution in [0.25, 0.3) is 0 Å². The van der Waals surface area contributed by atoms with Gasteiger partial charge in [-0.25, -0.2) is 0 Å². The van der Waals surface area contributed by atoms with Gasteiger partial charge in [0.25, 0.3) is 0 Å². The molecule has 2 aliphatic rings. The fraction of sp³-hybridized carbons (Fsp3) is 0.538. The Hall–Kier alpha value is -1.02. The van der Waals surface area contributed by atoms with Gasteiger partial charge in [0.1, 0.15) is 0 Å². The number of likely N-dealkylation sites (tertiary alicyclic amines) is 1. The van der Waals surface area contributed by atoms with Crippen LogP contribution < -0.4 is 5.32 Å². The van der Waals surface area contributed by atoms with Crippen molar-refractivity contribution in [2.45, 2.75) is 12.3 Å². The lowest BCUT2D eigenvalue weighted by atomic mass is 9.87. The van der Waals surface area contributed by atoms with Crippen LogP contribution in [0.5, 0.6) is 0 Å². The van der Waals surface area contributed by atoms with Crippen LogP contribution in [0.1, 0.15) is 17.9 Å². The van der Waals surface area contributed by atoms with Crippen molar-refractivity contribution in [3.63, 3.8) is 0 Å². The molecule has 80 valence electrons. The van der Waals surface area contributed by atoms with Crippen LogP contribution >= 0.6 is 0 Å².